The smallest absolute Gasteiger partial charge is 0.352 e. The molecule has 0 aromatic carbocycles. The predicted octanol–water partition coefficient (Wildman–Crippen LogP) is -4.01. The molecule has 1 aliphatic rings. The summed E-state index contributed by atoms with van der Waals surface area (Å²) < 4.78 is 10.8. The largest absolute Gasteiger partial charge is 0.462 e. The summed E-state index contributed by atoms with van der Waals surface area (Å²) in [5, 5.41) is 38.5. The van der Waals surface area contributed by atoms with Crippen molar-refractivity contribution in [2.75, 3.05) is 18.9 Å². The maximum atomic E-state index is 12.0. The van der Waals surface area contributed by atoms with Crippen molar-refractivity contribution >= 4 is 11.8 Å². The zero-order chi connectivity index (χ0) is 18.8. The van der Waals surface area contributed by atoms with E-state index in [9.17, 15) is 25.1 Å². The fraction of sp³-hybridized carbons (Fsp3) is 0.538. The van der Waals surface area contributed by atoms with Gasteiger partial charge in [0.05, 0.1) is 6.61 Å². The topological polar surface area (TPSA) is 207 Å². The molecular formula is C13H17N5O7. The van der Waals surface area contributed by atoms with E-state index in [4.69, 9.17) is 26.0 Å². The first-order chi connectivity index (χ1) is 11.8. The number of nitrogens with two attached hydrogens (primary N) is 2. The molecule has 25 heavy (non-hydrogen) atoms. The molecule has 1 aliphatic heterocycles. The van der Waals surface area contributed by atoms with E-state index in [0.717, 1.165) is 6.20 Å². The SMILES string of the molecule is N#C[C@@]1(n2ccc(N)nc2=O)O[C@H](COC(=O)[C@@H](N)CO)C(O)C1O. The maximum absolute atomic E-state index is 12.0. The number of aliphatic hydroxyl groups excluding tert-OH is 3. The first kappa shape index (κ1) is 18.8. The number of rotatable bonds is 5. The molecule has 1 saturated heterocycles. The van der Waals surface area contributed by atoms with Crippen LogP contribution in [0.15, 0.2) is 17.1 Å². The highest BCUT2D eigenvalue weighted by molar-refractivity contribution is 5.75. The molecule has 0 radical (unpaired) electrons. The van der Waals surface area contributed by atoms with Gasteiger partial charge in [-0.15, -0.1) is 0 Å². The molecule has 12 nitrogen and oxygen atoms in total. The van der Waals surface area contributed by atoms with E-state index in [0.29, 0.717) is 4.57 Å². The monoisotopic (exact) mass is 355 g/mol. The van der Waals surface area contributed by atoms with Gasteiger partial charge < -0.3 is 36.3 Å². The molecule has 0 spiro atoms. The average molecular weight is 355 g/mol. The molecule has 7 N–H and O–H groups in total. The summed E-state index contributed by atoms with van der Waals surface area (Å²) in [7, 11) is 0. The predicted molar refractivity (Wildman–Crippen MR) is 79.4 cm³/mol. The van der Waals surface area contributed by atoms with Gasteiger partial charge in [-0.3, -0.25) is 9.36 Å². The maximum Gasteiger partial charge on any atom is 0.352 e. The number of carbonyl (C=O) groups is 1. The normalized spacial score (nSPS) is 29.8. The van der Waals surface area contributed by atoms with E-state index in [1.807, 2.05) is 0 Å². The minimum absolute atomic E-state index is 0.106. The standard InChI is InChI=1S/C13H17N5O7/c14-5-13(18-2-1-8(16)17-12(18)23)10(21)9(20)7(25-13)4-24-11(22)6(15)3-19/h1-2,6-7,9-10,19-21H,3-4,15H2,(H2,16,17,23)/t6-,7+,9?,10?,13+/m0/s1. The van der Waals surface area contributed by atoms with Crippen molar-refractivity contribution in [1.29, 1.82) is 5.26 Å². The summed E-state index contributed by atoms with van der Waals surface area (Å²) in [5.74, 6) is -1.07. The van der Waals surface area contributed by atoms with Crippen LogP contribution in [-0.4, -0.2) is 68.4 Å². The highest BCUT2D eigenvalue weighted by atomic mass is 16.6. The Labute approximate surface area is 140 Å². The van der Waals surface area contributed by atoms with Crippen molar-refractivity contribution in [3.63, 3.8) is 0 Å². The summed E-state index contributed by atoms with van der Waals surface area (Å²) in [6.45, 7) is -1.21. The third-order valence-electron chi connectivity index (χ3n) is 3.67. The highest BCUT2D eigenvalue weighted by Gasteiger charge is 2.57. The molecule has 1 aromatic rings. The zero-order valence-corrected chi connectivity index (χ0v) is 12.8. The van der Waals surface area contributed by atoms with Gasteiger partial charge in [0.2, 0.25) is 0 Å². The first-order valence-electron chi connectivity index (χ1n) is 7.10. The third kappa shape index (κ3) is 3.31. The van der Waals surface area contributed by atoms with Crippen LogP contribution >= 0.6 is 0 Å². The minimum atomic E-state index is -2.28. The quantitative estimate of drug-likeness (QED) is 0.321. The number of carbonyl (C=O) groups excluding carboxylic acids is 1. The van der Waals surface area contributed by atoms with Crippen LogP contribution in [0.2, 0.25) is 0 Å². The van der Waals surface area contributed by atoms with Gasteiger partial charge in [0.25, 0.3) is 5.72 Å². The average Bonchev–Trinajstić information content (AvgIpc) is 2.84. The Morgan fingerprint density at radius 1 is 1.60 bits per heavy atom. The molecule has 2 rings (SSSR count). The zero-order valence-electron chi connectivity index (χ0n) is 12.8. The molecule has 136 valence electrons. The number of hydrogen-bond acceptors (Lipinski definition) is 11. The molecule has 0 bridgehead atoms. The Bertz CT molecular complexity index is 747. The summed E-state index contributed by atoms with van der Waals surface area (Å²) in [5.41, 5.74) is 7.38. The Hall–Kier alpha value is -2.56. The van der Waals surface area contributed by atoms with E-state index >= 15 is 0 Å². The van der Waals surface area contributed by atoms with Gasteiger partial charge in [-0.1, -0.05) is 0 Å². The minimum Gasteiger partial charge on any atom is -0.462 e. The van der Waals surface area contributed by atoms with E-state index in [1.165, 1.54) is 6.07 Å². The lowest BCUT2D eigenvalue weighted by molar-refractivity contribution is -0.156. The van der Waals surface area contributed by atoms with Gasteiger partial charge in [0.15, 0.2) is 0 Å². The van der Waals surface area contributed by atoms with Crippen LogP contribution in [0.5, 0.6) is 0 Å². The van der Waals surface area contributed by atoms with Crippen LogP contribution in [0, 0.1) is 11.3 Å². The number of ether oxygens (including phenoxy) is 2. The van der Waals surface area contributed by atoms with E-state index < -0.39 is 55.0 Å². The highest BCUT2D eigenvalue weighted by Crippen LogP contribution is 2.34. The molecule has 5 atom stereocenters. The van der Waals surface area contributed by atoms with Gasteiger partial charge in [0.1, 0.15) is 42.8 Å². The number of nitrogen functional groups attached to an aromatic ring is 1. The first-order valence-corrected chi connectivity index (χ1v) is 7.10. The van der Waals surface area contributed by atoms with Crippen LogP contribution in [0.25, 0.3) is 0 Å². The molecule has 0 amide bonds. The fourth-order valence-corrected chi connectivity index (χ4v) is 2.30. The number of nitrogens with zero attached hydrogens (tertiary/aromatic N) is 3. The van der Waals surface area contributed by atoms with E-state index in [2.05, 4.69) is 4.98 Å². The number of esters is 1. The van der Waals surface area contributed by atoms with Gasteiger partial charge >= 0.3 is 11.7 Å². The van der Waals surface area contributed by atoms with Crippen LogP contribution < -0.4 is 17.2 Å². The number of aliphatic hydroxyl groups is 3. The van der Waals surface area contributed by atoms with Crippen molar-refractivity contribution in [2.45, 2.75) is 30.1 Å². The fourth-order valence-electron chi connectivity index (χ4n) is 2.30. The number of hydrogen-bond donors (Lipinski definition) is 5. The lowest BCUT2D eigenvalue weighted by atomic mass is 10.0. The van der Waals surface area contributed by atoms with Crippen LogP contribution in [-0.2, 0) is 20.0 Å². The molecular weight excluding hydrogens is 338 g/mol. The van der Waals surface area contributed by atoms with Gasteiger partial charge in [-0.05, 0) is 6.07 Å². The second-order valence-corrected chi connectivity index (χ2v) is 5.32. The van der Waals surface area contributed by atoms with Crippen molar-refractivity contribution in [3.05, 3.63) is 22.7 Å². The van der Waals surface area contributed by atoms with Gasteiger partial charge in [-0.2, -0.15) is 10.2 Å². The summed E-state index contributed by atoms with van der Waals surface area (Å²) in [6, 6.07) is 1.55. The lowest BCUT2D eigenvalue weighted by Crippen LogP contribution is -2.49. The number of aromatic nitrogens is 2. The van der Waals surface area contributed by atoms with Crippen molar-refractivity contribution in [3.8, 4) is 6.07 Å². The lowest BCUT2D eigenvalue weighted by Gasteiger charge is -2.26. The Morgan fingerprint density at radius 2 is 2.28 bits per heavy atom. The molecule has 12 heteroatoms. The second kappa shape index (κ2) is 7.13. The van der Waals surface area contributed by atoms with E-state index in [1.54, 1.807) is 6.07 Å². The third-order valence-corrected chi connectivity index (χ3v) is 3.67. The molecule has 0 saturated carbocycles. The molecule has 2 unspecified atom stereocenters. The Morgan fingerprint density at radius 3 is 2.84 bits per heavy atom. The van der Waals surface area contributed by atoms with Crippen molar-refractivity contribution in [2.24, 2.45) is 5.73 Å². The van der Waals surface area contributed by atoms with Gasteiger partial charge in [-0.25, -0.2) is 4.79 Å². The Kier molecular flexibility index (Phi) is 5.36. The molecule has 1 aromatic heterocycles. The van der Waals surface area contributed by atoms with Crippen LogP contribution in [0.1, 0.15) is 0 Å². The molecule has 1 fully saturated rings. The van der Waals surface area contributed by atoms with Gasteiger partial charge in [0, 0.05) is 6.20 Å². The number of nitriles is 1. The molecule has 2 heterocycles. The van der Waals surface area contributed by atoms with Crippen LogP contribution in [0.4, 0.5) is 5.82 Å². The summed E-state index contributed by atoms with van der Waals surface area (Å²) in [4.78, 5) is 26.9. The van der Waals surface area contributed by atoms with E-state index in [-0.39, 0.29) is 5.82 Å². The van der Waals surface area contributed by atoms with Crippen molar-refractivity contribution < 1.29 is 29.6 Å². The number of anilines is 1. The Balaban J connectivity index is 2.26. The summed E-state index contributed by atoms with van der Waals surface area (Å²) >= 11 is 0. The van der Waals surface area contributed by atoms with Crippen molar-refractivity contribution in [1.82, 2.24) is 9.55 Å². The molecule has 0 aliphatic carbocycles. The van der Waals surface area contributed by atoms with Crippen LogP contribution in [0.3, 0.4) is 0 Å². The summed E-state index contributed by atoms with van der Waals surface area (Å²) in [6.07, 6.45) is -3.73. The second-order valence-electron chi connectivity index (χ2n) is 5.32.